The van der Waals surface area contributed by atoms with Gasteiger partial charge in [-0.2, -0.15) is 4.73 Å². The number of rotatable bonds is 3. The molecule has 0 aromatic carbocycles. The second-order valence-electron chi connectivity index (χ2n) is 2.15. The van der Waals surface area contributed by atoms with Crippen LogP contribution in [-0.4, -0.2) is 33.2 Å². The molecular formula is C6H10N4O2. The fourth-order valence-electron chi connectivity index (χ4n) is 0.684. The standard InChI is InChI=1S/C6H10N4O2/c7-5-3-9-6(4-10(5)12)8-1-2-11/h3-4,7-8,11-12H,1-2H2. The van der Waals surface area contributed by atoms with E-state index in [0.29, 0.717) is 17.1 Å². The zero-order valence-electron chi connectivity index (χ0n) is 6.36. The van der Waals surface area contributed by atoms with Gasteiger partial charge in [0, 0.05) is 6.54 Å². The zero-order valence-corrected chi connectivity index (χ0v) is 6.36. The second-order valence-corrected chi connectivity index (χ2v) is 2.15. The average Bonchev–Trinajstić information content (AvgIpc) is 2.07. The normalized spacial score (nSPS) is 9.75. The van der Waals surface area contributed by atoms with Crippen LogP contribution < -0.4 is 10.8 Å². The average molecular weight is 170 g/mol. The molecule has 0 bridgehead atoms. The summed E-state index contributed by atoms with van der Waals surface area (Å²) in [6.45, 7) is 0.361. The number of aliphatic hydroxyl groups is 1. The highest BCUT2D eigenvalue weighted by molar-refractivity contribution is 5.29. The van der Waals surface area contributed by atoms with Crippen molar-refractivity contribution < 1.29 is 10.3 Å². The largest absolute Gasteiger partial charge is 0.427 e. The molecule has 0 unspecified atom stereocenters. The van der Waals surface area contributed by atoms with Gasteiger partial charge < -0.3 is 15.6 Å². The van der Waals surface area contributed by atoms with Crippen molar-refractivity contribution in [2.75, 3.05) is 18.5 Å². The Morgan fingerprint density at radius 1 is 1.67 bits per heavy atom. The maximum Gasteiger partial charge on any atom is 0.179 e. The molecule has 4 N–H and O–H groups in total. The number of hydrogen-bond donors (Lipinski definition) is 4. The van der Waals surface area contributed by atoms with Crippen molar-refractivity contribution in [1.29, 1.82) is 5.41 Å². The Bertz CT molecular complexity index is 309. The van der Waals surface area contributed by atoms with Crippen LogP contribution >= 0.6 is 0 Å². The van der Waals surface area contributed by atoms with Crippen molar-refractivity contribution in [2.24, 2.45) is 0 Å². The fourth-order valence-corrected chi connectivity index (χ4v) is 0.684. The lowest BCUT2D eigenvalue weighted by atomic mass is 10.6. The van der Waals surface area contributed by atoms with E-state index < -0.39 is 0 Å². The van der Waals surface area contributed by atoms with Crippen molar-refractivity contribution in [3.63, 3.8) is 0 Å². The Kier molecular flexibility index (Phi) is 2.65. The summed E-state index contributed by atoms with van der Waals surface area (Å²) in [6.07, 6.45) is 2.47. The van der Waals surface area contributed by atoms with E-state index in [1.54, 1.807) is 0 Å². The van der Waals surface area contributed by atoms with Gasteiger partial charge in [-0.15, -0.1) is 0 Å². The van der Waals surface area contributed by atoms with Crippen molar-refractivity contribution in [1.82, 2.24) is 9.71 Å². The van der Waals surface area contributed by atoms with Crippen molar-refractivity contribution in [3.05, 3.63) is 17.9 Å². The maximum atomic E-state index is 8.99. The van der Waals surface area contributed by atoms with E-state index in [1.165, 1.54) is 12.4 Å². The monoisotopic (exact) mass is 170 g/mol. The van der Waals surface area contributed by atoms with Crippen LogP contribution in [0.15, 0.2) is 12.4 Å². The minimum absolute atomic E-state index is 0.00423. The summed E-state index contributed by atoms with van der Waals surface area (Å²) in [5, 5.41) is 27.2. The Labute approximate surface area is 68.6 Å². The van der Waals surface area contributed by atoms with Crippen LogP contribution in [0.1, 0.15) is 0 Å². The molecule has 1 rings (SSSR count). The molecule has 6 nitrogen and oxygen atoms in total. The highest BCUT2D eigenvalue weighted by atomic mass is 16.5. The summed E-state index contributed by atoms with van der Waals surface area (Å²) in [4.78, 5) is 3.79. The van der Waals surface area contributed by atoms with Gasteiger partial charge in [0.15, 0.2) is 5.49 Å². The van der Waals surface area contributed by atoms with E-state index >= 15 is 0 Å². The van der Waals surface area contributed by atoms with Gasteiger partial charge in [-0.1, -0.05) is 0 Å². The predicted molar refractivity (Wildman–Crippen MR) is 40.8 cm³/mol. The van der Waals surface area contributed by atoms with Crippen LogP contribution in [0.3, 0.4) is 0 Å². The lowest BCUT2D eigenvalue weighted by molar-refractivity contribution is 0.170. The molecule has 6 heteroatoms. The summed E-state index contributed by atoms with van der Waals surface area (Å²) in [5.41, 5.74) is -0.0930. The number of nitrogens with zero attached hydrogens (tertiary/aromatic N) is 2. The first kappa shape index (κ1) is 8.54. The molecule has 1 heterocycles. The molecular weight excluding hydrogens is 160 g/mol. The third-order valence-electron chi connectivity index (χ3n) is 1.24. The second kappa shape index (κ2) is 3.72. The van der Waals surface area contributed by atoms with Crippen LogP contribution in [0.25, 0.3) is 0 Å². The summed E-state index contributed by atoms with van der Waals surface area (Å²) >= 11 is 0. The van der Waals surface area contributed by atoms with Gasteiger partial charge in [0.25, 0.3) is 0 Å². The first-order valence-corrected chi connectivity index (χ1v) is 3.41. The molecule has 0 aliphatic carbocycles. The third-order valence-corrected chi connectivity index (χ3v) is 1.24. The summed E-state index contributed by atoms with van der Waals surface area (Å²) < 4.78 is 0.646. The molecule has 0 spiro atoms. The molecule has 1 aromatic heterocycles. The Morgan fingerprint density at radius 3 is 3.00 bits per heavy atom. The van der Waals surface area contributed by atoms with Gasteiger partial charge in [-0.25, -0.2) is 4.98 Å². The lowest BCUT2D eigenvalue weighted by Crippen LogP contribution is -2.19. The van der Waals surface area contributed by atoms with E-state index in [1.807, 2.05) is 0 Å². The Hall–Kier alpha value is -1.56. The first-order chi connectivity index (χ1) is 5.74. The van der Waals surface area contributed by atoms with Crippen LogP contribution in [-0.2, 0) is 0 Å². The van der Waals surface area contributed by atoms with E-state index in [9.17, 15) is 0 Å². The van der Waals surface area contributed by atoms with E-state index in [2.05, 4.69) is 10.3 Å². The highest BCUT2D eigenvalue weighted by Gasteiger charge is 1.93. The summed E-state index contributed by atoms with van der Waals surface area (Å²) in [6, 6.07) is 0. The number of aliphatic hydroxyl groups excluding tert-OH is 1. The number of nitrogens with one attached hydrogen (secondary N) is 2. The number of anilines is 1. The van der Waals surface area contributed by atoms with E-state index in [-0.39, 0.29) is 12.1 Å². The summed E-state index contributed by atoms with van der Waals surface area (Å²) in [5.74, 6) is 0.419. The number of hydrogen-bond acceptors (Lipinski definition) is 5. The molecule has 0 saturated heterocycles. The molecule has 0 aliphatic heterocycles. The van der Waals surface area contributed by atoms with Crippen LogP contribution in [0.2, 0.25) is 0 Å². The zero-order chi connectivity index (χ0) is 8.97. The molecule has 0 aliphatic rings. The molecule has 0 amide bonds. The van der Waals surface area contributed by atoms with Gasteiger partial charge in [-0.05, 0) is 0 Å². The topological polar surface area (TPSA) is 94.2 Å². The third kappa shape index (κ3) is 1.96. The van der Waals surface area contributed by atoms with Gasteiger partial charge in [0.1, 0.15) is 5.82 Å². The molecule has 66 valence electrons. The summed E-state index contributed by atoms with van der Waals surface area (Å²) in [7, 11) is 0. The quantitative estimate of drug-likeness (QED) is 0.438. The van der Waals surface area contributed by atoms with Crippen LogP contribution in [0, 0.1) is 5.41 Å². The Morgan fingerprint density at radius 2 is 2.42 bits per heavy atom. The smallest absolute Gasteiger partial charge is 0.179 e. The molecule has 12 heavy (non-hydrogen) atoms. The minimum Gasteiger partial charge on any atom is -0.427 e. The molecule has 0 radical (unpaired) electrons. The van der Waals surface area contributed by atoms with E-state index in [4.69, 9.17) is 15.7 Å². The number of aromatic nitrogens is 2. The molecule has 0 fully saturated rings. The fraction of sp³-hybridized carbons (Fsp3) is 0.333. The van der Waals surface area contributed by atoms with E-state index in [0.717, 1.165) is 0 Å². The molecule has 0 atom stereocenters. The minimum atomic E-state index is -0.0930. The van der Waals surface area contributed by atoms with Crippen molar-refractivity contribution in [3.8, 4) is 0 Å². The van der Waals surface area contributed by atoms with Gasteiger partial charge in [-0.3, -0.25) is 5.41 Å². The van der Waals surface area contributed by atoms with Crippen LogP contribution in [0.4, 0.5) is 5.82 Å². The van der Waals surface area contributed by atoms with Crippen molar-refractivity contribution in [2.45, 2.75) is 0 Å². The SMILES string of the molecule is N=c1cnc(NCCO)cn1O. The molecule has 0 saturated carbocycles. The first-order valence-electron chi connectivity index (χ1n) is 3.41. The predicted octanol–water partition coefficient (Wildman–Crippen LogP) is -0.996. The van der Waals surface area contributed by atoms with Crippen LogP contribution in [0.5, 0.6) is 0 Å². The highest BCUT2D eigenvalue weighted by Crippen LogP contribution is 1.94. The lowest BCUT2D eigenvalue weighted by Gasteiger charge is -2.03. The van der Waals surface area contributed by atoms with Gasteiger partial charge in [0.2, 0.25) is 0 Å². The maximum absolute atomic E-state index is 8.99. The Balaban J connectivity index is 2.75. The molecule has 1 aromatic rings. The van der Waals surface area contributed by atoms with Crippen molar-refractivity contribution >= 4 is 5.82 Å². The van der Waals surface area contributed by atoms with Gasteiger partial charge in [0.05, 0.1) is 19.0 Å². The van der Waals surface area contributed by atoms with Gasteiger partial charge >= 0.3 is 0 Å².